The normalized spacial score (nSPS) is 11.8. The van der Waals surface area contributed by atoms with Crippen molar-refractivity contribution in [2.75, 3.05) is 0 Å². The molecule has 2 aromatic carbocycles. The number of aromatic nitrogens is 2. The molecule has 4 aromatic heterocycles. The van der Waals surface area contributed by atoms with Gasteiger partial charge < -0.3 is 4.42 Å². The summed E-state index contributed by atoms with van der Waals surface area (Å²) < 4.78 is 8.42. The van der Waals surface area contributed by atoms with Crippen LogP contribution < -0.4 is 0 Å². The third-order valence-electron chi connectivity index (χ3n) is 4.75. The number of pyridine rings is 2. The Hall–Kier alpha value is -3.24. The van der Waals surface area contributed by atoms with E-state index < -0.39 is 0 Å². The first-order valence-electron chi connectivity index (χ1n) is 8.43. The van der Waals surface area contributed by atoms with Crippen LogP contribution in [0.15, 0.2) is 77.3 Å². The van der Waals surface area contributed by atoms with Crippen LogP contribution in [0.2, 0.25) is 0 Å². The van der Waals surface area contributed by atoms with Gasteiger partial charge in [0.1, 0.15) is 11.0 Å². The second-order valence-corrected chi connectivity index (χ2v) is 7.39. The molecule has 0 N–H and O–H groups in total. The van der Waals surface area contributed by atoms with E-state index >= 15 is 0 Å². The van der Waals surface area contributed by atoms with Crippen molar-refractivity contribution in [3.05, 3.63) is 72.9 Å². The van der Waals surface area contributed by atoms with Gasteiger partial charge in [0.05, 0.1) is 5.69 Å². The van der Waals surface area contributed by atoms with E-state index in [0.29, 0.717) is 0 Å². The van der Waals surface area contributed by atoms with E-state index in [0.717, 1.165) is 33.5 Å². The second kappa shape index (κ2) is 5.13. The zero-order valence-electron chi connectivity index (χ0n) is 13.6. The van der Waals surface area contributed by atoms with Gasteiger partial charge in [0, 0.05) is 31.9 Å². The minimum atomic E-state index is 0.769. The van der Waals surface area contributed by atoms with Crippen LogP contribution in [0, 0.1) is 0 Å². The van der Waals surface area contributed by atoms with Crippen LogP contribution in [0.1, 0.15) is 0 Å². The standard InChI is InChI=1S/C22H12N2OS/c1-2-6-19-14(4-1)15-8-7-13(12-20(15)26-19)16-9-10-18-22(24-16)21-17(25-18)5-3-11-23-21/h1-12H. The maximum absolute atomic E-state index is 5.83. The zero-order valence-corrected chi connectivity index (χ0v) is 14.5. The molecule has 0 spiro atoms. The molecule has 3 nitrogen and oxygen atoms in total. The molecular formula is C22H12N2OS. The Balaban J connectivity index is 1.59. The molecule has 0 aliphatic heterocycles. The van der Waals surface area contributed by atoms with Crippen LogP contribution in [-0.2, 0) is 0 Å². The molecule has 0 fully saturated rings. The van der Waals surface area contributed by atoms with E-state index in [4.69, 9.17) is 9.40 Å². The molecule has 0 atom stereocenters. The van der Waals surface area contributed by atoms with Gasteiger partial charge in [-0.25, -0.2) is 4.98 Å². The van der Waals surface area contributed by atoms with Gasteiger partial charge in [-0.1, -0.05) is 30.3 Å². The molecule has 0 unspecified atom stereocenters. The van der Waals surface area contributed by atoms with Gasteiger partial charge in [0.25, 0.3) is 0 Å². The molecule has 122 valence electrons. The number of furan rings is 1. The smallest absolute Gasteiger partial charge is 0.155 e. The van der Waals surface area contributed by atoms with Crippen molar-refractivity contribution in [3.63, 3.8) is 0 Å². The van der Waals surface area contributed by atoms with Crippen molar-refractivity contribution in [2.24, 2.45) is 0 Å². The summed E-state index contributed by atoms with van der Waals surface area (Å²) >= 11 is 1.82. The van der Waals surface area contributed by atoms with E-state index in [1.807, 2.05) is 35.6 Å². The summed E-state index contributed by atoms with van der Waals surface area (Å²) in [5.74, 6) is 0. The molecule has 26 heavy (non-hydrogen) atoms. The van der Waals surface area contributed by atoms with Crippen molar-refractivity contribution >= 4 is 53.7 Å². The van der Waals surface area contributed by atoms with Crippen LogP contribution in [0.3, 0.4) is 0 Å². The van der Waals surface area contributed by atoms with E-state index in [1.54, 1.807) is 6.20 Å². The molecule has 0 aliphatic carbocycles. The quantitative estimate of drug-likeness (QED) is 0.343. The van der Waals surface area contributed by atoms with Gasteiger partial charge in [-0.15, -0.1) is 11.3 Å². The van der Waals surface area contributed by atoms with Gasteiger partial charge in [-0.2, -0.15) is 0 Å². The zero-order chi connectivity index (χ0) is 17.1. The lowest BCUT2D eigenvalue weighted by molar-refractivity contribution is 0.667. The van der Waals surface area contributed by atoms with E-state index in [9.17, 15) is 0 Å². The number of nitrogens with zero attached hydrogens (tertiary/aromatic N) is 2. The van der Waals surface area contributed by atoms with Crippen molar-refractivity contribution in [1.29, 1.82) is 0 Å². The topological polar surface area (TPSA) is 38.9 Å². The monoisotopic (exact) mass is 352 g/mol. The fourth-order valence-corrected chi connectivity index (χ4v) is 4.66. The molecule has 4 heterocycles. The highest BCUT2D eigenvalue weighted by atomic mass is 32.1. The van der Waals surface area contributed by atoms with Gasteiger partial charge in [-0.05, 0) is 36.4 Å². The van der Waals surface area contributed by atoms with Crippen molar-refractivity contribution in [3.8, 4) is 11.3 Å². The average molecular weight is 352 g/mol. The Morgan fingerprint density at radius 3 is 2.62 bits per heavy atom. The predicted molar refractivity (Wildman–Crippen MR) is 108 cm³/mol. The third kappa shape index (κ3) is 1.93. The Morgan fingerprint density at radius 1 is 0.731 bits per heavy atom. The van der Waals surface area contributed by atoms with Gasteiger partial charge in [-0.3, -0.25) is 4.98 Å². The van der Waals surface area contributed by atoms with Gasteiger partial charge >= 0.3 is 0 Å². The number of hydrogen-bond donors (Lipinski definition) is 0. The molecule has 0 bridgehead atoms. The molecule has 0 aliphatic rings. The molecule has 0 saturated carbocycles. The third-order valence-corrected chi connectivity index (χ3v) is 5.88. The van der Waals surface area contributed by atoms with E-state index in [2.05, 4.69) is 47.4 Å². The summed E-state index contributed by atoms with van der Waals surface area (Å²) in [5, 5.41) is 2.61. The van der Waals surface area contributed by atoms with Crippen molar-refractivity contribution < 1.29 is 4.42 Å². The largest absolute Gasteiger partial charge is 0.453 e. The summed E-state index contributed by atoms with van der Waals surface area (Å²) in [6.45, 7) is 0. The summed E-state index contributed by atoms with van der Waals surface area (Å²) in [7, 11) is 0. The van der Waals surface area contributed by atoms with Crippen LogP contribution >= 0.6 is 11.3 Å². The van der Waals surface area contributed by atoms with Crippen LogP contribution in [0.25, 0.3) is 53.6 Å². The van der Waals surface area contributed by atoms with Crippen LogP contribution in [0.4, 0.5) is 0 Å². The fraction of sp³-hybridized carbons (Fsp3) is 0. The number of fused-ring (bicyclic) bond motifs is 6. The van der Waals surface area contributed by atoms with Gasteiger partial charge in [0.2, 0.25) is 0 Å². The maximum Gasteiger partial charge on any atom is 0.155 e. The van der Waals surface area contributed by atoms with Crippen LogP contribution in [0.5, 0.6) is 0 Å². The van der Waals surface area contributed by atoms with E-state index in [1.165, 1.54) is 20.2 Å². The molecule has 0 saturated heterocycles. The maximum atomic E-state index is 5.83. The average Bonchev–Trinajstić information content (AvgIpc) is 3.25. The molecule has 6 rings (SSSR count). The number of benzene rings is 2. The van der Waals surface area contributed by atoms with Gasteiger partial charge in [0.15, 0.2) is 11.2 Å². The number of hydrogen-bond acceptors (Lipinski definition) is 4. The lowest BCUT2D eigenvalue weighted by atomic mass is 10.1. The number of thiophene rings is 1. The highest BCUT2D eigenvalue weighted by molar-refractivity contribution is 7.25. The molecule has 0 amide bonds. The SMILES string of the molecule is c1cnc2c(c1)oc1ccc(-c3ccc4c(c3)sc3ccccc34)nc12. The Kier molecular flexibility index (Phi) is 2.76. The fourth-order valence-electron chi connectivity index (χ4n) is 3.51. The minimum absolute atomic E-state index is 0.769. The minimum Gasteiger partial charge on any atom is -0.453 e. The highest BCUT2D eigenvalue weighted by Gasteiger charge is 2.12. The Morgan fingerprint density at radius 2 is 1.62 bits per heavy atom. The molecular weight excluding hydrogens is 340 g/mol. The summed E-state index contributed by atoms with van der Waals surface area (Å²) in [4.78, 5) is 9.27. The molecule has 6 aromatic rings. The Bertz CT molecular complexity index is 1440. The summed E-state index contributed by atoms with van der Waals surface area (Å²) in [5.41, 5.74) is 5.21. The molecule has 0 radical (unpaired) electrons. The lowest BCUT2D eigenvalue weighted by Gasteiger charge is -2.01. The first-order valence-corrected chi connectivity index (χ1v) is 9.24. The second-order valence-electron chi connectivity index (χ2n) is 6.30. The predicted octanol–water partition coefficient (Wildman–Crippen LogP) is 6.41. The summed E-state index contributed by atoms with van der Waals surface area (Å²) in [6, 6.07) is 22.9. The van der Waals surface area contributed by atoms with Crippen molar-refractivity contribution in [2.45, 2.75) is 0 Å². The highest BCUT2D eigenvalue weighted by Crippen LogP contribution is 2.36. The Labute approximate surface area is 152 Å². The molecule has 4 heteroatoms. The number of rotatable bonds is 1. The van der Waals surface area contributed by atoms with E-state index in [-0.39, 0.29) is 0 Å². The van der Waals surface area contributed by atoms with Crippen molar-refractivity contribution in [1.82, 2.24) is 9.97 Å². The first kappa shape index (κ1) is 14.0. The first-order chi connectivity index (χ1) is 12.9. The summed E-state index contributed by atoms with van der Waals surface area (Å²) in [6.07, 6.45) is 1.77. The van der Waals surface area contributed by atoms with Crippen LogP contribution in [-0.4, -0.2) is 9.97 Å². The lowest BCUT2D eigenvalue weighted by Crippen LogP contribution is -1.84.